The number of hydrogen-bond acceptors (Lipinski definition) is 6. The smallest absolute Gasteiger partial charge is 0.274 e. The Bertz CT molecular complexity index is 975. The molecule has 150 valence electrons. The van der Waals surface area contributed by atoms with Gasteiger partial charge in [-0.1, -0.05) is 47.7 Å². The molecule has 0 aliphatic carbocycles. The summed E-state index contributed by atoms with van der Waals surface area (Å²) in [5.74, 6) is -0.572. The van der Waals surface area contributed by atoms with E-state index in [2.05, 4.69) is 27.3 Å². The number of aromatic nitrogens is 3. The Labute approximate surface area is 168 Å². The molecule has 2 heterocycles. The topological polar surface area (TPSA) is 104 Å². The molecule has 1 amide bonds. The zero-order valence-corrected chi connectivity index (χ0v) is 15.8. The zero-order chi connectivity index (χ0) is 20.2. The van der Waals surface area contributed by atoms with Crippen LogP contribution in [0.5, 0.6) is 0 Å². The van der Waals surface area contributed by atoms with Gasteiger partial charge in [-0.25, -0.2) is 10.2 Å². The molecule has 0 unspecified atom stereocenters. The number of carbonyl (C=O) groups is 1. The summed E-state index contributed by atoms with van der Waals surface area (Å²) in [6, 6.07) is 17.2. The molecule has 1 fully saturated rings. The van der Waals surface area contributed by atoms with Crippen LogP contribution in [0.2, 0.25) is 0 Å². The van der Waals surface area contributed by atoms with Gasteiger partial charge in [0.05, 0.1) is 18.8 Å². The third-order valence-electron chi connectivity index (χ3n) is 5.35. The number of carbonyl (C=O) groups excluding carboxylic acids is 1. The van der Waals surface area contributed by atoms with Crippen LogP contribution in [0.1, 0.15) is 28.4 Å². The molecule has 3 N–H and O–H groups in total. The summed E-state index contributed by atoms with van der Waals surface area (Å²) < 4.78 is 1.84. The molecule has 1 aliphatic rings. The van der Waals surface area contributed by atoms with Crippen molar-refractivity contribution in [2.75, 3.05) is 13.2 Å². The first-order valence-electron chi connectivity index (χ1n) is 9.53. The zero-order valence-electron chi connectivity index (χ0n) is 15.8. The van der Waals surface area contributed by atoms with E-state index < -0.39 is 5.91 Å². The van der Waals surface area contributed by atoms with Crippen molar-refractivity contribution in [2.24, 2.45) is 0 Å². The third-order valence-corrected chi connectivity index (χ3v) is 5.35. The molecule has 0 bridgehead atoms. The average molecular weight is 393 g/mol. The van der Waals surface area contributed by atoms with E-state index >= 15 is 0 Å². The van der Waals surface area contributed by atoms with E-state index in [0.717, 1.165) is 25.1 Å². The van der Waals surface area contributed by atoms with Gasteiger partial charge in [-0.05, 0) is 24.1 Å². The van der Waals surface area contributed by atoms with Crippen molar-refractivity contribution >= 4 is 5.91 Å². The number of aliphatic hydroxyl groups is 1. The highest BCUT2D eigenvalue weighted by atomic mass is 16.5. The molecule has 2 aromatic carbocycles. The fraction of sp³-hybridized carbons (Fsp3) is 0.286. The number of likely N-dealkylation sites (tertiary alicyclic amines) is 1. The number of amides is 1. The molecule has 1 saturated heterocycles. The third kappa shape index (κ3) is 4.19. The Morgan fingerprint density at radius 2 is 2.00 bits per heavy atom. The maximum atomic E-state index is 11.6. The summed E-state index contributed by atoms with van der Waals surface area (Å²) in [7, 11) is 0. The lowest BCUT2D eigenvalue weighted by Gasteiger charge is -2.22. The summed E-state index contributed by atoms with van der Waals surface area (Å²) in [5, 5.41) is 27.2. The van der Waals surface area contributed by atoms with E-state index in [0.29, 0.717) is 11.3 Å². The fourth-order valence-corrected chi connectivity index (χ4v) is 3.82. The number of hydroxylamine groups is 1. The van der Waals surface area contributed by atoms with Crippen molar-refractivity contribution in [3.8, 4) is 11.3 Å². The lowest BCUT2D eigenvalue weighted by molar-refractivity contribution is 0.0706. The van der Waals surface area contributed by atoms with Crippen molar-refractivity contribution in [1.29, 1.82) is 0 Å². The van der Waals surface area contributed by atoms with Crippen LogP contribution in [0.15, 0.2) is 60.8 Å². The van der Waals surface area contributed by atoms with Crippen LogP contribution in [0.25, 0.3) is 11.3 Å². The van der Waals surface area contributed by atoms with Gasteiger partial charge in [0.15, 0.2) is 0 Å². The molecule has 29 heavy (non-hydrogen) atoms. The normalized spacial score (nSPS) is 19.4. The van der Waals surface area contributed by atoms with Crippen LogP contribution in [0, 0.1) is 0 Å². The van der Waals surface area contributed by atoms with Gasteiger partial charge in [-0.3, -0.25) is 14.9 Å². The minimum absolute atomic E-state index is 0.0736. The van der Waals surface area contributed by atoms with Crippen molar-refractivity contribution in [3.63, 3.8) is 0 Å². The van der Waals surface area contributed by atoms with Crippen molar-refractivity contribution in [1.82, 2.24) is 25.4 Å². The highest BCUT2D eigenvalue weighted by Gasteiger charge is 2.33. The average Bonchev–Trinajstić information content (AvgIpc) is 3.41. The second-order valence-corrected chi connectivity index (χ2v) is 7.25. The molecule has 0 spiro atoms. The molecule has 1 aliphatic heterocycles. The minimum Gasteiger partial charge on any atom is -0.395 e. The standard InChI is InChI=1S/C21H23N5O3/c27-14-19-10-18(12-25(19)11-15-5-2-1-3-6-15)26-13-20(22-24-26)16-7-4-8-17(9-16)21(28)23-29/h1-9,13,18-19,27,29H,10-12,14H2,(H,23,28)/t18-,19-/m1/s1. The lowest BCUT2D eigenvalue weighted by atomic mass is 10.1. The molecule has 3 aromatic rings. The number of aliphatic hydroxyl groups excluding tert-OH is 1. The Morgan fingerprint density at radius 3 is 2.76 bits per heavy atom. The van der Waals surface area contributed by atoms with E-state index in [1.54, 1.807) is 23.7 Å². The van der Waals surface area contributed by atoms with Gasteiger partial charge in [0.1, 0.15) is 5.69 Å². The lowest BCUT2D eigenvalue weighted by Crippen LogP contribution is -2.31. The van der Waals surface area contributed by atoms with Crippen LogP contribution in [-0.4, -0.2) is 55.3 Å². The Kier molecular flexibility index (Phi) is 5.66. The first kappa shape index (κ1) is 19.3. The molecule has 8 nitrogen and oxygen atoms in total. The highest BCUT2D eigenvalue weighted by molar-refractivity contribution is 5.94. The second kappa shape index (κ2) is 8.52. The summed E-state index contributed by atoms with van der Waals surface area (Å²) in [4.78, 5) is 13.9. The first-order valence-corrected chi connectivity index (χ1v) is 9.53. The Hall–Kier alpha value is -3.07. The quantitative estimate of drug-likeness (QED) is 0.436. The van der Waals surface area contributed by atoms with E-state index in [1.165, 1.54) is 5.56 Å². The van der Waals surface area contributed by atoms with Gasteiger partial charge in [-0.2, -0.15) is 0 Å². The van der Waals surface area contributed by atoms with Crippen LogP contribution in [-0.2, 0) is 6.54 Å². The monoisotopic (exact) mass is 393 g/mol. The van der Waals surface area contributed by atoms with E-state index in [9.17, 15) is 9.90 Å². The van der Waals surface area contributed by atoms with E-state index in [4.69, 9.17) is 5.21 Å². The number of rotatable bonds is 6. The molecular weight excluding hydrogens is 370 g/mol. The van der Waals surface area contributed by atoms with Crippen LogP contribution >= 0.6 is 0 Å². The maximum absolute atomic E-state index is 11.6. The number of nitrogens with zero attached hydrogens (tertiary/aromatic N) is 4. The first-order chi connectivity index (χ1) is 14.2. The molecule has 1 aromatic heterocycles. The fourth-order valence-electron chi connectivity index (χ4n) is 3.82. The largest absolute Gasteiger partial charge is 0.395 e. The van der Waals surface area contributed by atoms with Crippen molar-refractivity contribution in [2.45, 2.75) is 25.0 Å². The summed E-state index contributed by atoms with van der Waals surface area (Å²) in [6.07, 6.45) is 2.65. The molecule has 0 radical (unpaired) electrons. The molecule has 8 heteroatoms. The van der Waals surface area contributed by atoms with Gasteiger partial charge in [-0.15, -0.1) is 5.10 Å². The Morgan fingerprint density at radius 1 is 1.17 bits per heavy atom. The van der Waals surface area contributed by atoms with Crippen molar-refractivity contribution < 1.29 is 15.1 Å². The van der Waals surface area contributed by atoms with Crippen LogP contribution in [0.4, 0.5) is 0 Å². The summed E-state index contributed by atoms with van der Waals surface area (Å²) in [6.45, 7) is 1.65. The molecule has 4 rings (SSSR count). The van der Waals surface area contributed by atoms with Crippen LogP contribution in [0.3, 0.4) is 0 Å². The molecule has 2 atom stereocenters. The highest BCUT2D eigenvalue weighted by Crippen LogP contribution is 2.29. The number of nitrogens with one attached hydrogen (secondary N) is 1. The maximum Gasteiger partial charge on any atom is 0.274 e. The van der Waals surface area contributed by atoms with Gasteiger partial charge in [0, 0.05) is 30.3 Å². The van der Waals surface area contributed by atoms with E-state index in [-0.39, 0.29) is 18.7 Å². The van der Waals surface area contributed by atoms with Gasteiger partial charge < -0.3 is 5.11 Å². The summed E-state index contributed by atoms with van der Waals surface area (Å²) >= 11 is 0. The van der Waals surface area contributed by atoms with Crippen LogP contribution < -0.4 is 5.48 Å². The summed E-state index contributed by atoms with van der Waals surface area (Å²) in [5.41, 5.74) is 4.59. The second-order valence-electron chi connectivity index (χ2n) is 7.25. The minimum atomic E-state index is -0.572. The number of hydrogen-bond donors (Lipinski definition) is 3. The van der Waals surface area contributed by atoms with Gasteiger partial charge >= 0.3 is 0 Å². The predicted molar refractivity (Wildman–Crippen MR) is 106 cm³/mol. The van der Waals surface area contributed by atoms with E-state index in [1.807, 2.05) is 35.1 Å². The van der Waals surface area contributed by atoms with Crippen molar-refractivity contribution in [3.05, 3.63) is 71.9 Å². The molecule has 0 saturated carbocycles. The Balaban J connectivity index is 1.50. The molecular formula is C21H23N5O3. The van der Waals surface area contributed by atoms with Gasteiger partial charge in [0.2, 0.25) is 0 Å². The SMILES string of the molecule is O=C(NO)c1cccc(-c2cn([C@@H]3C[C@H](CO)N(Cc4ccccc4)C3)nn2)c1. The van der Waals surface area contributed by atoms with Gasteiger partial charge in [0.25, 0.3) is 5.91 Å². The predicted octanol–water partition coefficient (Wildman–Crippen LogP) is 1.87. The number of benzene rings is 2.